The normalized spacial score (nSPS) is 15.2. The lowest BCUT2D eigenvalue weighted by atomic mass is 9.86. The Hall–Kier alpha value is -2.04. The first-order valence-corrected chi connectivity index (χ1v) is 6.45. The number of hydrogen-bond donors (Lipinski definition) is 2. The van der Waals surface area contributed by atoms with Crippen LogP contribution in [-0.4, -0.2) is 16.8 Å². The third-order valence-corrected chi connectivity index (χ3v) is 3.60. The number of nitrogens with two attached hydrogens (primary N) is 1. The number of H-pyrrole nitrogens is 1. The van der Waals surface area contributed by atoms with Crippen LogP contribution in [0.5, 0.6) is 5.75 Å². The Bertz CT molecular complexity index is 578. The molecule has 3 N–H and O–H groups in total. The average Bonchev–Trinajstić information content (AvgIpc) is 2.75. The summed E-state index contributed by atoms with van der Waals surface area (Å²) in [5.41, 5.74) is 7.10. The largest absolute Gasteiger partial charge is 0.493 e. The van der Waals surface area contributed by atoms with Gasteiger partial charge >= 0.3 is 0 Å². The Morgan fingerprint density at radius 1 is 1.37 bits per heavy atom. The van der Waals surface area contributed by atoms with Crippen LogP contribution >= 0.6 is 0 Å². The SMILES string of the molecule is Nc1[nH]ncc1-c1cc(F)ccc1OCC1CCC1. The van der Waals surface area contributed by atoms with Crippen LogP contribution in [0.2, 0.25) is 0 Å². The first kappa shape index (κ1) is 12.0. The summed E-state index contributed by atoms with van der Waals surface area (Å²) in [6.45, 7) is 0.677. The summed E-state index contributed by atoms with van der Waals surface area (Å²) >= 11 is 0. The smallest absolute Gasteiger partial charge is 0.127 e. The summed E-state index contributed by atoms with van der Waals surface area (Å²) in [7, 11) is 0. The number of hydrogen-bond acceptors (Lipinski definition) is 3. The highest BCUT2D eigenvalue weighted by atomic mass is 19.1. The second-order valence-corrected chi connectivity index (χ2v) is 4.95. The van der Waals surface area contributed by atoms with E-state index in [1.54, 1.807) is 12.3 Å². The molecule has 4 nitrogen and oxygen atoms in total. The number of nitrogen functional groups attached to an aromatic ring is 1. The Kier molecular flexibility index (Phi) is 3.11. The molecule has 0 unspecified atom stereocenters. The van der Waals surface area contributed by atoms with Crippen molar-refractivity contribution < 1.29 is 9.13 Å². The molecule has 0 aliphatic heterocycles. The van der Waals surface area contributed by atoms with E-state index >= 15 is 0 Å². The molecule has 1 saturated carbocycles. The highest BCUT2D eigenvalue weighted by molar-refractivity contribution is 5.77. The summed E-state index contributed by atoms with van der Waals surface area (Å²) in [4.78, 5) is 0. The Balaban J connectivity index is 1.88. The molecule has 5 heteroatoms. The van der Waals surface area contributed by atoms with Gasteiger partial charge in [-0.1, -0.05) is 6.42 Å². The number of rotatable bonds is 4. The van der Waals surface area contributed by atoms with Gasteiger partial charge in [0.05, 0.1) is 12.8 Å². The maximum Gasteiger partial charge on any atom is 0.127 e. The molecular weight excluding hydrogens is 245 g/mol. The highest BCUT2D eigenvalue weighted by Crippen LogP contribution is 2.35. The van der Waals surface area contributed by atoms with Crippen LogP contribution in [0.25, 0.3) is 11.1 Å². The highest BCUT2D eigenvalue weighted by Gasteiger charge is 2.19. The van der Waals surface area contributed by atoms with Crippen LogP contribution < -0.4 is 10.5 Å². The Morgan fingerprint density at radius 2 is 2.21 bits per heavy atom. The lowest BCUT2D eigenvalue weighted by molar-refractivity contribution is 0.181. The van der Waals surface area contributed by atoms with Gasteiger partial charge in [-0.2, -0.15) is 5.10 Å². The number of anilines is 1. The van der Waals surface area contributed by atoms with Crippen LogP contribution in [0.15, 0.2) is 24.4 Å². The van der Waals surface area contributed by atoms with Crippen molar-refractivity contribution in [2.45, 2.75) is 19.3 Å². The van der Waals surface area contributed by atoms with Crippen molar-refractivity contribution in [3.05, 3.63) is 30.2 Å². The summed E-state index contributed by atoms with van der Waals surface area (Å²) in [6, 6.07) is 4.48. The fourth-order valence-corrected chi connectivity index (χ4v) is 2.22. The monoisotopic (exact) mass is 261 g/mol. The number of halogens is 1. The van der Waals surface area contributed by atoms with Crippen LogP contribution in [0.1, 0.15) is 19.3 Å². The van der Waals surface area contributed by atoms with E-state index in [0.717, 1.165) is 0 Å². The van der Waals surface area contributed by atoms with E-state index in [1.807, 2.05) is 0 Å². The first-order valence-electron chi connectivity index (χ1n) is 6.45. The van der Waals surface area contributed by atoms with Crippen LogP contribution in [0.3, 0.4) is 0 Å². The predicted octanol–water partition coefficient (Wildman–Crippen LogP) is 2.98. The molecule has 1 aromatic carbocycles. The molecule has 1 aliphatic carbocycles. The number of benzene rings is 1. The minimum atomic E-state index is -0.313. The van der Waals surface area contributed by atoms with E-state index in [1.165, 1.54) is 31.4 Å². The average molecular weight is 261 g/mol. The van der Waals surface area contributed by atoms with E-state index in [4.69, 9.17) is 10.5 Å². The Morgan fingerprint density at radius 3 is 2.84 bits per heavy atom. The summed E-state index contributed by atoms with van der Waals surface area (Å²) in [5, 5.41) is 6.51. The molecule has 100 valence electrons. The van der Waals surface area contributed by atoms with Gasteiger partial charge in [-0.3, -0.25) is 5.10 Å². The van der Waals surface area contributed by atoms with Crippen molar-refractivity contribution >= 4 is 5.82 Å². The third kappa shape index (κ3) is 2.41. The van der Waals surface area contributed by atoms with Crippen LogP contribution in [0, 0.1) is 11.7 Å². The fourth-order valence-electron chi connectivity index (χ4n) is 2.22. The van der Waals surface area contributed by atoms with Gasteiger partial charge in [-0.25, -0.2) is 4.39 Å². The quantitative estimate of drug-likeness (QED) is 0.889. The molecule has 2 aromatic rings. The van der Waals surface area contributed by atoms with Crippen molar-refractivity contribution in [2.75, 3.05) is 12.3 Å². The third-order valence-electron chi connectivity index (χ3n) is 3.60. The zero-order valence-electron chi connectivity index (χ0n) is 10.5. The zero-order valence-corrected chi connectivity index (χ0v) is 10.5. The van der Waals surface area contributed by atoms with E-state index in [2.05, 4.69) is 10.2 Å². The number of nitrogens with one attached hydrogen (secondary N) is 1. The number of nitrogens with zero attached hydrogens (tertiary/aromatic N) is 1. The standard InChI is InChI=1S/C14H16FN3O/c15-10-4-5-13(19-8-9-2-1-3-9)11(6-10)12-7-17-18-14(12)16/h4-7,9H,1-3,8H2,(H3,16,17,18). The van der Waals surface area contributed by atoms with Gasteiger partial charge in [-0.15, -0.1) is 0 Å². The summed E-state index contributed by atoms with van der Waals surface area (Å²) < 4.78 is 19.2. The van der Waals surface area contributed by atoms with E-state index in [0.29, 0.717) is 35.2 Å². The number of ether oxygens (including phenoxy) is 1. The molecule has 3 rings (SSSR count). The van der Waals surface area contributed by atoms with Gasteiger partial charge < -0.3 is 10.5 Å². The molecule has 0 atom stereocenters. The van der Waals surface area contributed by atoms with Crippen molar-refractivity contribution in [2.24, 2.45) is 5.92 Å². The van der Waals surface area contributed by atoms with Crippen LogP contribution in [-0.2, 0) is 0 Å². The zero-order chi connectivity index (χ0) is 13.2. The molecule has 0 saturated heterocycles. The minimum absolute atomic E-state index is 0.313. The molecule has 19 heavy (non-hydrogen) atoms. The molecule has 0 bridgehead atoms. The molecule has 1 fully saturated rings. The Labute approximate surface area is 110 Å². The topological polar surface area (TPSA) is 63.9 Å². The maximum atomic E-state index is 13.4. The number of aromatic amines is 1. The summed E-state index contributed by atoms with van der Waals surface area (Å²) in [6.07, 6.45) is 5.29. The van der Waals surface area contributed by atoms with Gasteiger partial charge in [0.1, 0.15) is 17.4 Å². The molecule has 1 aliphatic rings. The van der Waals surface area contributed by atoms with Gasteiger partial charge in [0.15, 0.2) is 0 Å². The minimum Gasteiger partial charge on any atom is -0.493 e. The van der Waals surface area contributed by atoms with Crippen molar-refractivity contribution in [3.8, 4) is 16.9 Å². The molecular formula is C14H16FN3O. The van der Waals surface area contributed by atoms with E-state index in [9.17, 15) is 4.39 Å². The van der Waals surface area contributed by atoms with E-state index < -0.39 is 0 Å². The molecule has 0 amide bonds. The summed E-state index contributed by atoms with van der Waals surface area (Å²) in [5.74, 6) is 1.38. The van der Waals surface area contributed by atoms with Gasteiger partial charge in [0, 0.05) is 11.1 Å². The molecule has 1 aromatic heterocycles. The molecule has 0 radical (unpaired) electrons. The van der Waals surface area contributed by atoms with Crippen molar-refractivity contribution in [3.63, 3.8) is 0 Å². The van der Waals surface area contributed by atoms with E-state index in [-0.39, 0.29) is 5.82 Å². The molecule has 1 heterocycles. The van der Waals surface area contributed by atoms with Gasteiger partial charge in [-0.05, 0) is 37.0 Å². The number of aromatic nitrogens is 2. The second kappa shape index (κ2) is 4.91. The van der Waals surface area contributed by atoms with Gasteiger partial charge in [0.25, 0.3) is 0 Å². The fraction of sp³-hybridized carbons (Fsp3) is 0.357. The second-order valence-electron chi connectivity index (χ2n) is 4.95. The van der Waals surface area contributed by atoms with Crippen LogP contribution in [0.4, 0.5) is 10.2 Å². The lowest BCUT2D eigenvalue weighted by Crippen LogP contribution is -2.19. The first-order chi connectivity index (χ1) is 9.24. The lowest BCUT2D eigenvalue weighted by Gasteiger charge is -2.25. The maximum absolute atomic E-state index is 13.4. The van der Waals surface area contributed by atoms with Gasteiger partial charge in [0.2, 0.25) is 0 Å². The van der Waals surface area contributed by atoms with Crippen molar-refractivity contribution in [1.29, 1.82) is 0 Å². The predicted molar refractivity (Wildman–Crippen MR) is 71.2 cm³/mol. The molecule has 0 spiro atoms. The van der Waals surface area contributed by atoms with Crippen molar-refractivity contribution in [1.82, 2.24) is 10.2 Å².